The third-order valence-corrected chi connectivity index (χ3v) is 6.79. The maximum Gasteiger partial charge on any atom is 0.343 e. The molecule has 0 aliphatic carbocycles. The molecule has 12 heteroatoms. The van der Waals surface area contributed by atoms with Crippen molar-refractivity contribution in [2.75, 3.05) is 13.3 Å². The minimum absolute atomic E-state index is 0.0436. The number of nitrogens with two attached hydrogens (primary N) is 1. The smallest absolute Gasteiger partial charge is 0.343 e. The lowest BCUT2D eigenvalue weighted by atomic mass is 9.86. The number of hydrogen-bond donors (Lipinski definition) is 3. The second kappa shape index (κ2) is 7.86. The predicted molar refractivity (Wildman–Crippen MR) is 125 cm³/mol. The van der Waals surface area contributed by atoms with Crippen LogP contribution in [0.25, 0.3) is 22.3 Å². The Balaban J connectivity index is 1.60. The molecule has 36 heavy (non-hydrogen) atoms. The molecule has 0 spiro atoms. The number of nitrogens with zero attached hydrogens (tertiary/aromatic N) is 3. The van der Waals surface area contributed by atoms with Crippen LogP contribution in [0.2, 0.25) is 0 Å². The maximum atomic E-state index is 13.5. The van der Waals surface area contributed by atoms with Crippen LogP contribution in [0.15, 0.2) is 28.1 Å². The molecular weight excluding hydrogens is 470 g/mol. The summed E-state index contributed by atoms with van der Waals surface area (Å²) in [5.41, 5.74) is 8.65. The number of hydrogen-bond acceptors (Lipinski definition) is 10. The van der Waals surface area contributed by atoms with Gasteiger partial charge in [-0.25, -0.2) is 15.2 Å². The van der Waals surface area contributed by atoms with Crippen LogP contribution in [0, 0.1) is 0 Å². The summed E-state index contributed by atoms with van der Waals surface area (Å²) in [5, 5.41) is 15.8. The lowest BCUT2D eigenvalue weighted by Crippen LogP contribution is -2.44. The van der Waals surface area contributed by atoms with Gasteiger partial charge in [0.25, 0.3) is 11.5 Å². The molecule has 1 amide bonds. The largest absolute Gasteiger partial charge is 0.458 e. The van der Waals surface area contributed by atoms with Crippen molar-refractivity contribution >= 4 is 29.0 Å². The molecule has 5 heterocycles. The van der Waals surface area contributed by atoms with Gasteiger partial charge in [0, 0.05) is 28.1 Å². The van der Waals surface area contributed by atoms with Gasteiger partial charge >= 0.3 is 5.97 Å². The number of rotatable bonds is 4. The van der Waals surface area contributed by atoms with E-state index in [0.29, 0.717) is 44.9 Å². The summed E-state index contributed by atoms with van der Waals surface area (Å²) in [6.07, 6.45) is 1.52. The van der Waals surface area contributed by atoms with Crippen LogP contribution in [0.4, 0.5) is 0 Å². The SMILES string of the molecule is CC[C@@]1(O)C(=O)OCc2c1cc1n(c2=O)Cc2c-1nc1cc3c(cc1c2/C=N/NC(=O)CN)OCO3. The zero-order valence-electron chi connectivity index (χ0n) is 19.2. The highest BCUT2D eigenvalue weighted by atomic mass is 16.7. The molecule has 1 aromatic carbocycles. The highest BCUT2D eigenvalue weighted by molar-refractivity contribution is 6.04. The minimum Gasteiger partial charge on any atom is -0.458 e. The van der Waals surface area contributed by atoms with Gasteiger partial charge in [-0.2, -0.15) is 5.10 Å². The number of nitrogens with one attached hydrogen (secondary N) is 1. The van der Waals surface area contributed by atoms with Crippen molar-refractivity contribution in [2.45, 2.75) is 32.1 Å². The Hall–Kier alpha value is -4.29. The van der Waals surface area contributed by atoms with Gasteiger partial charge in [0.05, 0.1) is 41.8 Å². The number of cyclic esters (lactones) is 1. The molecule has 184 valence electrons. The molecule has 0 bridgehead atoms. The van der Waals surface area contributed by atoms with Gasteiger partial charge in [0.2, 0.25) is 6.79 Å². The van der Waals surface area contributed by atoms with Crippen LogP contribution < -0.4 is 26.2 Å². The number of aliphatic hydroxyl groups is 1. The molecule has 0 radical (unpaired) electrons. The Morgan fingerprint density at radius 2 is 2.03 bits per heavy atom. The van der Waals surface area contributed by atoms with E-state index in [0.717, 1.165) is 0 Å². The van der Waals surface area contributed by atoms with Crippen molar-refractivity contribution in [3.05, 3.63) is 50.8 Å². The molecule has 3 aliphatic rings. The van der Waals surface area contributed by atoms with Crippen LogP contribution >= 0.6 is 0 Å². The fourth-order valence-electron chi connectivity index (χ4n) is 4.86. The van der Waals surface area contributed by atoms with Gasteiger partial charge in [-0.15, -0.1) is 0 Å². The number of fused-ring (bicyclic) bond motifs is 6. The normalized spacial score (nSPS) is 19.2. The topological polar surface area (TPSA) is 167 Å². The number of pyridine rings is 2. The van der Waals surface area contributed by atoms with Crippen LogP contribution in [-0.2, 0) is 33.1 Å². The zero-order valence-corrected chi connectivity index (χ0v) is 19.2. The average Bonchev–Trinajstić information content (AvgIpc) is 3.49. The van der Waals surface area contributed by atoms with Crippen LogP contribution in [0.3, 0.4) is 0 Å². The fourth-order valence-corrected chi connectivity index (χ4v) is 4.86. The van der Waals surface area contributed by atoms with Crippen LogP contribution in [0.1, 0.15) is 35.6 Å². The number of carbonyl (C=O) groups excluding carboxylic acids is 2. The van der Waals surface area contributed by atoms with E-state index in [2.05, 4.69) is 10.5 Å². The summed E-state index contributed by atoms with van der Waals surface area (Å²) in [7, 11) is 0. The third kappa shape index (κ3) is 3.04. The number of amides is 1. The fraction of sp³-hybridized carbons (Fsp3) is 0.292. The first-order chi connectivity index (χ1) is 17.4. The molecule has 3 aromatic rings. The molecule has 3 aliphatic heterocycles. The van der Waals surface area contributed by atoms with E-state index in [4.69, 9.17) is 24.9 Å². The van der Waals surface area contributed by atoms with Gasteiger partial charge < -0.3 is 29.6 Å². The van der Waals surface area contributed by atoms with Crippen molar-refractivity contribution in [3.63, 3.8) is 0 Å². The summed E-state index contributed by atoms with van der Waals surface area (Å²) < 4.78 is 17.7. The molecule has 6 rings (SSSR count). The molecular formula is C24H21N5O7. The number of esters is 1. The van der Waals surface area contributed by atoms with E-state index in [1.807, 2.05) is 0 Å². The molecule has 0 fully saturated rings. The van der Waals surface area contributed by atoms with Crippen molar-refractivity contribution in [2.24, 2.45) is 10.8 Å². The summed E-state index contributed by atoms with van der Waals surface area (Å²) >= 11 is 0. The number of benzene rings is 1. The van der Waals surface area contributed by atoms with Crippen LogP contribution in [-0.4, -0.2) is 46.1 Å². The van der Waals surface area contributed by atoms with E-state index >= 15 is 0 Å². The molecule has 1 atom stereocenters. The third-order valence-electron chi connectivity index (χ3n) is 6.79. The average molecular weight is 491 g/mol. The predicted octanol–water partition coefficient (Wildman–Crippen LogP) is 0.217. The first-order valence-electron chi connectivity index (χ1n) is 11.3. The Bertz CT molecular complexity index is 1580. The summed E-state index contributed by atoms with van der Waals surface area (Å²) in [5.74, 6) is -0.188. The Morgan fingerprint density at radius 1 is 1.25 bits per heavy atom. The highest BCUT2D eigenvalue weighted by Gasteiger charge is 2.45. The molecule has 2 aromatic heterocycles. The number of ether oxygens (including phenoxy) is 3. The number of hydrazone groups is 1. The first kappa shape index (κ1) is 22.2. The summed E-state index contributed by atoms with van der Waals surface area (Å²) in [6.45, 7) is 1.45. The highest BCUT2D eigenvalue weighted by Crippen LogP contribution is 2.42. The van der Waals surface area contributed by atoms with E-state index in [-0.39, 0.29) is 49.6 Å². The van der Waals surface area contributed by atoms with Crippen molar-refractivity contribution in [1.82, 2.24) is 15.0 Å². The quantitative estimate of drug-likeness (QED) is 0.205. The van der Waals surface area contributed by atoms with Gasteiger partial charge in [-0.05, 0) is 18.6 Å². The maximum absolute atomic E-state index is 13.5. The van der Waals surface area contributed by atoms with Gasteiger partial charge in [0.15, 0.2) is 17.1 Å². The van der Waals surface area contributed by atoms with Gasteiger partial charge in [-0.3, -0.25) is 9.59 Å². The van der Waals surface area contributed by atoms with Gasteiger partial charge in [0.1, 0.15) is 6.61 Å². The van der Waals surface area contributed by atoms with E-state index in [1.54, 1.807) is 25.1 Å². The van der Waals surface area contributed by atoms with Crippen molar-refractivity contribution < 1.29 is 28.9 Å². The van der Waals surface area contributed by atoms with Gasteiger partial charge in [-0.1, -0.05) is 6.92 Å². The lowest BCUT2D eigenvalue weighted by molar-refractivity contribution is -0.172. The second-order valence-electron chi connectivity index (χ2n) is 8.68. The van der Waals surface area contributed by atoms with E-state index < -0.39 is 17.5 Å². The number of aromatic nitrogens is 2. The summed E-state index contributed by atoms with van der Waals surface area (Å²) in [6, 6.07) is 5.14. The summed E-state index contributed by atoms with van der Waals surface area (Å²) in [4.78, 5) is 42.3. The zero-order chi connectivity index (χ0) is 25.2. The molecule has 0 saturated heterocycles. The Kier molecular flexibility index (Phi) is 4.85. The lowest BCUT2D eigenvalue weighted by Gasteiger charge is -2.31. The van der Waals surface area contributed by atoms with E-state index in [1.165, 1.54) is 10.8 Å². The molecule has 12 nitrogen and oxygen atoms in total. The van der Waals surface area contributed by atoms with Crippen molar-refractivity contribution in [1.29, 1.82) is 0 Å². The van der Waals surface area contributed by atoms with Crippen molar-refractivity contribution in [3.8, 4) is 22.9 Å². The Morgan fingerprint density at radius 3 is 2.78 bits per heavy atom. The minimum atomic E-state index is -1.93. The molecule has 4 N–H and O–H groups in total. The first-order valence-corrected chi connectivity index (χ1v) is 11.3. The van der Waals surface area contributed by atoms with Crippen LogP contribution in [0.5, 0.6) is 11.5 Å². The van der Waals surface area contributed by atoms with E-state index in [9.17, 15) is 19.5 Å². The molecule has 0 saturated carbocycles. The number of carbonyl (C=O) groups is 2. The monoisotopic (exact) mass is 491 g/mol. The Labute approximate surface area is 203 Å². The molecule has 0 unspecified atom stereocenters. The standard InChI is InChI=1S/C24H21N5O7/c1-2-24(33)15-4-17-21-13(8-29(17)22(31)14(15)9-34-23(24)32)12(7-26-28-20(30)6-25)11-3-18-19(36-10-35-18)5-16(11)27-21/h3-5,7,33H,2,6,8-10,25H2,1H3,(H,28,30)/b26-7+/t24-/m0/s1. The second-order valence-corrected chi connectivity index (χ2v) is 8.68.